The summed E-state index contributed by atoms with van der Waals surface area (Å²) in [4.78, 5) is 21.2. The molecule has 0 aliphatic rings. The molecule has 0 amide bonds. The molecule has 32 heavy (non-hydrogen) atoms. The van der Waals surface area contributed by atoms with Crippen LogP contribution in [0, 0.1) is 0 Å². The zero-order chi connectivity index (χ0) is 22.1. The molecule has 0 saturated heterocycles. The molecule has 0 spiro atoms. The summed E-state index contributed by atoms with van der Waals surface area (Å²) in [5.74, 6) is 0.763. The Kier molecular flexibility index (Phi) is 5.30. The van der Waals surface area contributed by atoms with E-state index >= 15 is 0 Å². The molecule has 8 nitrogen and oxygen atoms in total. The Balaban J connectivity index is 1.70. The van der Waals surface area contributed by atoms with Gasteiger partial charge in [0.15, 0.2) is 5.75 Å². The number of para-hydroxylation sites is 1. The van der Waals surface area contributed by atoms with Gasteiger partial charge in [0.25, 0.3) is 0 Å². The third kappa shape index (κ3) is 3.81. The number of nitrogens with zero attached hydrogens (tertiary/aromatic N) is 6. The maximum atomic E-state index is 13.0. The van der Waals surface area contributed by atoms with Crippen LogP contribution in [0.3, 0.4) is 0 Å². The Bertz CT molecular complexity index is 1470. The molecule has 0 bridgehead atoms. The van der Waals surface area contributed by atoms with Gasteiger partial charge in [-0.2, -0.15) is 9.61 Å². The van der Waals surface area contributed by atoms with Crippen LogP contribution in [0.15, 0.2) is 78.1 Å². The largest absolute Gasteiger partial charge is 0.451 e. The summed E-state index contributed by atoms with van der Waals surface area (Å²) >= 11 is 12.4. The zero-order valence-corrected chi connectivity index (χ0v) is 17.9. The quantitative estimate of drug-likeness (QED) is 0.380. The highest BCUT2D eigenvalue weighted by atomic mass is 35.5. The third-order valence-electron chi connectivity index (χ3n) is 4.70. The molecule has 2 aromatic carbocycles. The fourth-order valence-corrected chi connectivity index (χ4v) is 3.48. The lowest BCUT2D eigenvalue weighted by molar-refractivity contribution is 0.484. The average molecular weight is 465 g/mol. The molecule has 0 saturated carbocycles. The average Bonchev–Trinajstić information content (AvgIpc) is 3.12. The zero-order valence-electron chi connectivity index (χ0n) is 16.4. The molecule has 0 radical (unpaired) electrons. The maximum absolute atomic E-state index is 13.0. The van der Waals surface area contributed by atoms with Crippen LogP contribution in [0.5, 0.6) is 11.5 Å². The lowest BCUT2D eigenvalue weighted by atomic mass is 10.1. The first-order chi connectivity index (χ1) is 15.6. The number of rotatable bonds is 5. The summed E-state index contributed by atoms with van der Waals surface area (Å²) in [7, 11) is 0. The standard InChI is InChI=1S/C22H14Cl2N6O2/c23-15-7-5-14(6-8-15)17-12-27-30-21(20(17)32-19-4-2-1-3-18(19)24)28-29(22(30)31)13-16-11-25-9-10-26-16/h1-12H,13H2. The van der Waals surface area contributed by atoms with Crippen molar-refractivity contribution in [1.82, 2.24) is 29.4 Å². The van der Waals surface area contributed by atoms with Crippen molar-refractivity contribution in [1.29, 1.82) is 0 Å². The minimum Gasteiger partial charge on any atom is -0.451 e. The SMILES string of the molecule is O=c1n(Cc2cnccn2)nc2c(Oc3ccccc3Cl)c(-c3ccc(Cl)cc3)cnn12. The van der Waals surface area contributed by atoms with Crippen molar-refractivity contribution >= 4 is 28.8 Å². The third-order valence-corrected chi connectivity index (χ3v) is 5.26. The first-order valence-corrected chi connectivity index (χ1v) is 10.3. The summed E-state index contributed by atoms with van der Waals surface area (Å²) in [6.07, 6.45) is 6.24. The summed E-state index contributed by atoms with van der Waals surface area (Å²) in [5.41, 5.74) is 1.82. The minimum atomic E-state index is -0.433. The molecule has 5 rings (SSSR count). The number of benzene rings is 2. The van der Waals surface area contributed by atoms with Gasteiger partial charge in [-0.3, -0.25) is 9.97 Å². The predicted octanol–water partition coefficient (Wildman–Crippen LogP) is 4.50. The molecular weight excluding hydrogens is 451 g/mol. The normalized spacial score (nSPS) is 11.1. The summed E-state index contributed by atoms with van der Waals surface area (Å²) < 4.78 is 8.63. The Morgan fingerprint density at radius 3 is 2.53 bits per heavy atom. The highest BCUT2D eigenvalue weighted by Crippen LogP contribution is 2.37. The number of aromatic nitrogens is 6. The van der Waals surface area contributed by atoms with Gasteiger partial charge < -0.3 is 4.74 Å². The first-order valence-electron chi connectivity index (χ1n) is 9.52. The molecule has 0 N–H and O–H groups in total. The Morgan fingerprint density at radius 1 is 0.969 bits per heavy atom. The van der Waals surface area contributed by atoms with Crippen molar-refractivity contribution in [2.24, 2.45) is 0 Å². The van der Waals surface area contributed by atoms with E-state index in [1.54, 1.807) is 61.2 Å². The van der Waals surface area contributed by atoms with E-state index in [2.05, 4.69) is 20.2 Å². The highest BCUT2D eigenvalue weighted by Gasteiger charge is 2.20. The second-order valence-corrected chi connectivity index (χ2v) is 7.64. The van der Waals surface area contributed by atoms with Gasteiger partial charge in [-0.05, 0) is 29.8 Å². The lowest BCUT2D eigenvalue weighted by Crippen LogP contribution is -2.23. The fourth-order valence-electron chi connectivity index (χ4n) is 3.18. The van der Waals surface area contributed by atoms with Gasteiger partial charge in [-0.15, -0.1) is 5.10 Å². The Labute approximate surface area is 191 Å². The van der Waals surface area contributed by atoms with E-state index in [9.17, 15) is 4.79 Å². The molecule has 158 valence electrons. The van der Waals surface area contributed by atoms with Crippen LogP contribution < -0.4 is 10.4 Å². The van der Waals surface area contributed by atoms with Gasteiger partial charge in [-0.1, -0.05) is 47.5 Å². The van der Waals surface area contributed by atoms with Gasteiger partial charge in [0.1, 0.15) is 5.75 Å². The maximum Gasteiger partial charge on any atom is 0.367 e. The van der Waals surface area contributed by atoms with E-state index in [0.717, 1.165) is 5.56 Å². The van der Waals surface area contributed by atoms with E-state index in [1.165, 1.54) is 9.20 Å². The highest BCUT2D eigenvalue weighted by molar-refractivity contribution is 6.32. The topological polar surface area (TPSA) is 87.2 Å². The van der Waals surface area contributed by atoms with Crippen LogP contribution in [0.4, 0.5) is 0 Å². The molecule has 3 aromatic heterocycles. The van der Waals surface area contributed by atoms with Crippen LogP contribution in [0.1, 0.15) is 5.69 Å². The van der Waals surface area contributed by atoms with E-state index in [4.69, 9.17) is 27.9 Å². The molecule has 5 aromatic rings. The van der Waals surface area contributed by atoms with Crippen LogP contribution in [0.25, 0.3) is 16.8 Å². The van der Waals surface area contributed by atoms with Gasteiger partial charge in [0.2, 0.25) is 5.65 Å². The Morgan fingerprint density at radius 2 is 1.78 bits per heavy atom. The summed E-state index contributed by atoms with van der Waals surface area (Å²) in [5, 5.41) is 9.81. The molecule has 0 aliphatic carbocycles. The summed E-state index contributed by atoms with van der Waals surface area (Å²) in [6.45, 7) is 0.137. The van der Waals surface area contributed by atoms with E-state index in [1.807, 2.05) is 12.1 Å². The van der Waals surface area contributed by atoms with Crippen molar-refractivity contribution < 1.29 is 4.74 Å². The monoisotopic (exact) mass is 464 g/mol. The number of fused-ring (bicyclic) bond motifs is 1. The molecule has 10 heteroatoms. The number of ether oxygens (including phenoxy) is 1. The van der Waals surface area contributed by atoms with Crippen LogP contribution in [-0.4, -0.2) is 29.4 Å². The van der Waals surface area contributed by atoms with Gasteiger partial charge in [0.05, 0.1) is 29.7 Å². The second-order valence-electron chi connectivity index (χ2n) is 6.80. The molecule has 0 fully saturated rings. The van der Waals surface area contributed by atoms with Crippen LogP contribution >= 0.6 is 23.2 Å². The van der Waals surface area contributed by atoms with Gasteiger partial charge in [-0.25, -0.2) is 9.48 Å². The van der Waals surface area contributed by atoms with Gasteiger partial charge >= 0.3 is 5.69 Å². The second kappa shape index (κ2) is 8.41. The number of hydrogen-bond donors (Lipinski definition) is 0. The smallest absolute Gasteiger partial charge is 0.367 e. The van der Waals surface area contributed by atoms with E-state index in [-0.39, 0.29) is 12.2 Å². The first kappa shape index (κ1) is 20.2. The van der Waals surface area contributed by atoms with Crippen LogP contribution in [0.2, 0.25) is 10.0 Å². The van der Waals surface area contributed by atoms with Crippen molar-refractivity contribution in [3.05, 3.63) is 99.5 Å². The Hall–Kier alpha value is -3.75. The van der Waals surface area contributed by atoms with Crippen molar-refractivity contribution in [3.63, 3.8) is 0 Å². The molecular formula is C22H14Cl2N6O2. The molecule has 0 unspecified atom stereocenters. The van der Waals surface area contributed by atoms with Crippen molar-refractivity contribution in [2.75, 3.05) is 0 Å². The fraction of sp³-hybridized carbons (Fsp3) is 0.0455. The van der Waals surface area contributed by atoms with E-state index < -0.39 is 5.69 Å². The van der Waals surface area contributed by atoms with Crippen LogP contribution in [-0.2, 0) is 6.54 Å². The van der Waals surface area contributed by atoms with Crippen molar-refractivity contribution in [3.8, 4) is 22.6 Å². The predicted molar refractivity (Wildman–Crippen MR) is 120 cm³/mol. The summed E-state index contributed by atoms with van der Waals surface area (Å²) in [6, 6.07) is 14.3. The lowest BCUT2D eigenvalue weighted by Gasteiger charge is -2.12. The molecule has 0 aliphatic heterocycles. The van der Waals surface area contributed by atoms with Crippen molar-refractivity contribution in [2.45, 2.75) is 6.54 Å². The number of halogens is 2. The number of hydrogen-bond acceptors (Lipinski definition) is 6. The van der Waals surface area contributed by atoms with Gasteiger partial charge in [0, 0.05) is 23.0 Å². The molecule has 0 atom stereocenters. The molecule has 3 heterocycles. The van der Waals surface area contributed by atoms with E-state index in [0.29, 0.717) is 32.8 Å². The minimum absolute atomic E-state index is 0.137.